The molecule has 138 valence electrons. The molecule has 1 saturated heterocycles. The largest absolute Gasteiger partial charge is 0.338 e. The van der Waals surface area contributed by atoms with E-state index in [1.54, 1.807) is 0 Å². The zero-order chi connectivity index (χ0) is 18.6. The summed E-state index contributed by atoms with van der Waals surface area (Å²) in [4.78, 5) is 20.9. The third-order valence-corrected chi connectivity index (χ3v) is 6.05. The number of carbonyl (C=O) groups is 1. The SMILES string of the molecule is CNCC1CCN(C(=O)c2sc(-c3ccccc3)nc2-c2ccccc2)C1. The molecule has 4 rings (SSSR count). The predicted octanol–water partition coefficient (Wildman–Crippen LogP) is 4.16. The van der Waals surface area contributed by atoms with Crippen molar-refractivity contribution in [2.45, 2.75) is 6.42 Å². The molecule has 0 aliphatic carbocycles. The van der Waals surface area contributed by atoms with Gasteiger partial charge in [0.05, 0.1) is 5.69 Å². The molecule has 0 bridgehead atoms. The van der Waals surface area contributed by atoms with Crippen LogP contribution in [0.4, 0.5) is 0 Å². The molecule has 1 aromatic heterocycles. The lowest BCUT2D eigenvalue weighted by Crippen LogP contribution is -2.30. The zero-order valence-corrected chi connectivity index (χ0v) is 16.2. The maximum absolute atomic E-state index is 13.3. The summed E-state index contributed by atoms with van der Waals surface area (Å²) in [6, 6.07) is 20.1. The van der Waals surface area contributed by atoms with Gasteiger partial charge in [-0.1, -0.05) is 60.7 Å². The van der Waals surface area contributed by atoms with E-state index in [4.69, 9.17) is 4.98 Å². The fourth-order valence-corrected chi connectivity index (χ4v) is 4.64. The van der Waals surface area contributed by atoms with Crippen LogP contribution in [-0.4, -0.2) is 42.5 Å². The number of hydrogen-bond donors (Lipinski definition) is 1. The van der Waals surface area contributed by atoms with Crippen molar-refractivity contribution in [3.63, 3.8) is 0 Å². The van der Waals surface area contributed by atoms with E-state index in [0.717, 1.165) is 52.8 Å². The number of nitrogens with zero attached hydrogens (tertiary/aromatic N) is 2. The molecule has 1 fully saturated rings. The van der Waals surface area contributed by atoms with Crippen molar-refractivity contribution >= 4 is 17.2 Å². The van der Waals surface area contributed by atoms with E-state index in [9.17, 15) is 4.79 Å². The van der Waals surface area contributed by atoms with Crippen molar-refractivity contribution in [1.82, 2.24) is 15.2 Å². The Labute approximate surface area is 163 Å². The van der Waals surface area contributed by atoms with Crippen LogP contribution >= 0.6 is 11.3 Å². The average Bonchev–Trinajstić information content (AvgIpc) is 3.37. The monoisotopic (exact) mass is 377 g/mol. The van der Waals surface area contributed by atoms with Crippen molar-refractivity contribution < 1.29 is 4.79 Å². The van der Waals surface area contributed by atoms with Crippen molar-refractivity contribution in [2.24, 2.45) is 5.92 Å². The fourth-order valence-electron chi connectivity index (χ4n) is 3.58. The second kappa shape index (κ2) is 8.03. The summed E-state index contributed by atoms with van der Waals surface area (Å²) in [5.41, 5.74) is 2.83. The molecule has 5 heteroatoms. The summed E-state index contributed by atoms with van der Waals surface area (Å²) in [6.45, 7) is 2.58. The van der Waals surface area contributed by atoms with Crippen LogP contribution in [0.15, 0.2) is 60.7 Å². The molecule has 1 amide bonds. The lowest BCUT2D eigenvalue weighted by molar-refractivity contribution is 0.0792. The standard InChI is InChI=1S/C22H23N3OS/c1-23-14-16-12-13-25(15-16)22(26)20-19(17-8-4-2-5-9-17)24-21(27-20)18-10-6-3-7-11-18/h2-11,16,23H,12-15H2,1H3. The molecule has 2 heterocycles. The first-order valence-corrected chi connectivity index (χ1v) is 10.1. The Balaban J connectivity index is 1.70. The second-order valence-corrected chi connectivity index (χ2v) is 7.89. The summed E-state index contributed by atoms with van der Waals surface area (Å²) >= 11 is 1.50. The van der Waals surface area contributed by atoms with Crippen LogP contribution in [0, 0.1) is 5.92 Å². The quantitative estimate of drug-likeness (QED) is 0.726. The number of aromatic nitrogens is 1. The minimum Gasteiger partial charge on any atom is -0.338 e. The van der Waals surface area contributed by atoms with Gasteiger partial charge in [-0.25, -0.2) is 4.98 Å². The Kier molecular flexibility index (Phi) is 5.32. The summed E-state index contributed by atoms with van der Waals surface area (Å²) in [7, 11) is 1.97. The van der Waals surface area contributed by atoms with Gasteiger partial charge in [0.25, 0.3) is 5.91 Å². The number of nitrogens with one attached hydrogen (secondary N) is 1. The lowest BCUT2D eigenvalue weighted by atomic mass is 10.1. The predicted molar refractivity (Wildman–Crippen MR) is 111 cm³/mol. The van der Waals surface area contributed by atoms with E-state index >= 15 is 0 Å². The number of carbonyl (C=O) groups excluding carboxylic acids is 1. The minimum absolute atomic E-state index is 0.104. The molecular weight excluding hydrogens is 354 g/mol. The van der Waals surface area contributed by atoms with Gasteiger partial charge in [-0.15, -0.1) is 11.3 Å². The molecule has 3 aromatic rings. The van der Waals surface area contributed by atoms with Crippen molar-refractivity contribution in [3.05, 3.63) is 65.5 Å². The summed E-state index contributed by atoms with van der Waals surface area (Å²) in [6.07, 6.45) is 1.05. The first-order valence-electron chi connectivity index (χ1n) is 9.32. The van der Waals surface area contributed by atoms with Crippen LogP contribution in [0.3, 0.4) is 0 Å². The highest BCUT2D eigenvalue weighted by Gasteiger charge is 2.30. The van der Waals surface area contributed by atoms with E-state index in [2.05, 4.69) is 5.32 Å². The number of benzene rings is 2. The van der Waals surface area contributed by atoms with Gasteiger partial charge in [0.15, 0.2) is 0 Å². The molecule has 1 unspecified atom stereocenters. The van der Waals surface area contributed by atoms with Gasteiger partial charge < -0.3 is 10.2 Å². The maximum atomic E-state index is 13.3. The van der Waals surface area contributed by atoms with Gasteiger partial charge in [0.1, 0.15) is 9.88 Å². The Morgan fingerprint density at radius 1 is 1.11 bits per heavy atom. The van der Waals surface area contributed by atoms with Crippen LogP contribution in [0.2, 0.25) is 0 Å². The van der Waals surface area contributed by atoms with Gasteiger partial charge in [-0.2, -0.15) is 0 Å². The molecular formula is C22H23N3OS. The van der Waals surface area contributed by atoms with E-state index in [-0.39, 0.29) is 5.91 Å². The van der Waals surface area contributed by atoms with Crippen molar-refractivity contribution in [3.8, 4) is 21.8 Å². The molecule has 1 aliphatic heterocycles. The molecule has 2 aromatic carbocycles. The topological polar surface area (TPSA) is 45.2 Å². The summed E-state index contributed by atoms with van der Waals surface area (Å²) < 4.78 is 0. The fraction of sp³-hybridized carbons (Fsp3) is 0.273. The molecule has 1 atom stereocenters. The Bertz CT molecular complexity index is 908. The van der Waals surface area contributed by atoms with Gasteiger partial charge >= 0.3 is 0 Å². The molecule has 0 spiro atoms. The van der Waals surface area contributed by atoms with E-state index in [1.165, 1.54) is 11.3 Å². The number of likely N-dealkylation sites (tertiary alicyclic amines) is 1. The number of hydrogen-bond acceptors (Lipinski definition) is 4. The Morgan fingerprint density at radius 3 is 2.44 bits per heavy atom. The van der Waals surface area contributed by atoms with Crippen molar-refractivity contribution in [1.29, 1.82) is 0 Å². The van der Waals surface area contributed by atoms with Crippen molar-refractivity contribution in [2.75, 3.05) is 26.7 Å². The van der Waals surface area contributed by atoms with Crippen LogP contribution in [-0.2, 0) is 0 Å². The molecule has 0 radical (unpaired) electrons. The summed E-state index contributed by atoms with van der Waals surface area (Å²) in [5.74, 6) is 0.632. The smallest absolute Gasteiger partial charge is 0.266 e. The zero-order valence-electron chi connectivity index (χ0n) is 15.4. The van der Waals surface area contributed by atoms with E-state index in [1.807, 2.05) is 72.6 Å². The summed E-state index contributed by atoms with van der Waals surface area (Å²) in [5, 5.41) is 4.12. The average molecular weight is 378 g/mol. The van der Waals surface area contributed by atoms with Crippen LogP contribution in [0.1, 0.15) is 16.1 Å². The van der Waals surface area contributed by atoms with Gasteiger partial charge in [-0.05, 0) is 25.9 Å². The van der Waals surface area contributed by atoms with E-state index < -0.39 is 0 Å². The highest BCUT2D eigenvalue weighted by molar-refractivity contribution is 7.17. The lowest BCUT2D eigenvalue weighted by Gasteiger charge is -2.16. The van der Waals surface area contributed by atoms with Crippen LogP contribution in [0.5, 0.6) is 0 Å². The van der Waals surface area contributed by atoms with Gasteiger partial charge in [-0.3, -0.25) is 4.79 Å². The van der Waals surface area contributed by atoms with Crippen LogP contribution in [0.25, 0.3) is 21.8 Å². The number of thiazole rings is 1. The third kappa shape index (κ3) is 3.80. The van der Waals surface area contributed by atoms with Gasteiger partial charge in [0, 0.05) is 24.2 Å². The first-order chi connectivity index (χ1) is 13.3. The Morgan fingerprint density at radius 2 is 1.78 bits per heavy atom. The van der Waals surface area contributed by atoms with E-state index in [0.29, 0.717) is 5.92 Å². The molecule has 27 heavy (non-hydrogen) atoms. The maximum Gasteiger partial charge on any atom is 0.266 e. The normalized spacial score (nSPS) is 16.6. The number of rotatable bonds is 5. The molecule has 1 aliphatic rings. The molecule has 1 N–H and O–H groups in total. The molecule has 4 nitrogen and oxygen atoms in total. The van der Waals surface area contributed by atoms with Gasteiger partial charge in [0.2, 0.25) is 0 Å². The number of amides is 1. The minimum atomic E-state index is 0.104. The molecule has 0 saturated carbocycles. The highest BCUT2D eigenvalue weighted by atomic mass is 32.1. The third-order valence-electron chi connectivity index (χ3n) is 4.96. The Hall–Kier alpha value is -2.50. The first kappa shape index (κ1) is 17.9. The second-order valence-electron chi connectivity index (χ2n) is 6.89. The highest BCUT2D eigenvalue weighted by Crippen LogP contribution is 2.35. The van der Waals surface area contributed by atoms with Crippen LogP contribution < -0.4 is 5.32 Å².